The molecule has 27 heavy (non-hydrogen) atoms. The minimum atomic E-state index is -0.532. The fourth-order valence-corrected chi connectivity index (χ4v) is 2.32. The lowest BCUT2D eigenvalue weighted by atomic mass is 10.0. The van der Waals surface area contributed by atoms with Crippen molar-refractivity contribution in [3.8, 4) is 0 Å². The van der Waals surface area contributed by atoms with Gasteiger partial charge in [-0.25, -0.2) is 4.79 Å². The monoisotopic (exact) mass is 412 g/mol. The van der Waals surface area contributed by atoms with Crippen molar-refractivity contribution < 1.29 is 23.8 Å². The van der Waals surface area contributed by atoms with Gasteiger partial charge in [0, 0.05) is 21.3 Å². The van der Waals surface area contributed by atoms with E-state index < -0.39 is 17.7 Å². The zero-order valence-corrected chi connectivity index (χ0v) is 19.7. The predicted molar refractivity (Wildman–Crippen MR) is 111 cm³/mol. The van der Waals surface area contributed by atoms with Gasteiger partial charge in [-0.15, -0.1) is 12.4 Å². The van der Waals surface area contributed by atoms with E-state index in [1.807, 2.05) is 20.9 Å². The third-order valence-corrected chi connectivity index (χ3v) is 3.76. The molecule has 1 amide bonds. The van der Waals surface area contributed by atoms with Crippen LogP contribution in [0.5, 0.6) is 0 Å². The second-order valence-electron chi connectivity index (χ2n) is 7.86. The lowest BCUT2D eigenvalue weighted by molar-refractivity contribution is -0.129. The van der Waals surface area contributed by atoms with Gasteiger partial charge >= 0.3 is 6.09 Å². The molecular formula is C19H41ClN2O5. The van der Waals surface area contributed by atoms with Crippen LogP contribution in [-0.2, 0) is 19.0 Å². The molecule has 0 spiro atoms. The molecule has 0 aromatic rings. The number of halogens is 1. The molecule has 0 rings (SSSR count). The van der Waals surface area contributed by atoms with Crippen LogP contribution in [0.25, 0.3) is 0 Å². The number of methoxy groups -OCH3 is 2. The Morgan fingerprint density at radius 2 is 1.48 bits per heavy atom. The van der Waals surface area contributed by atoms with Crippen molar-refractivity contribution in [2.24, 2.45) is 11.8 Å². The van der Waals surface area contributed by atoms with Crippen molar-refractivity contribution in [1.82, 2.24) is 10.2 Å². The Labute approximate surface area is 171 Å². The summed E-state index contributed by atoms with van der Waals surface area (Å²) in [6.45, 7) is 13.4. The molecule has 1 N–H and O–H groups in total. The van der Waals surface area contributed by atoms with Gasteiger partial charge in [-0.2, -0.15) is 0 Å². The molecule has 0 saturated carbocycles. The van der Waals surface area contributed by atoms with Crippen molar-refractivity contribution in [3.05, 3.63) is 0 Å². The van der Waals surface area contributed by atoms with E-state index in [1.165, 1.54) is 4.90 Å². The zero-order valence-electron chi connectivity index (χ0n) is 18.9. The number of carbonyl (C=O) groups is 2. The molecule has 164 valence electrons. The molecule has 0 saturated heterocycles. The van der Waals surface area contributed by atoms with Crippen LogP contribution in [0.1, 0.15) is 48.5 Å². The van der Waals surface area contributed by atoms with E-state index in [2.05, 4.69) is 19.2 Å². The Morgan fingerprint density at radius 3 is 1.67 bits per heavy atom. The maximum absolute atomic E-state index is 11.6. The normalized spacial score (nSPS) is 13.4. The number of hydrogen-bond donors (Lipinski definition) is 1. The smallest absolute Gasteiger partial charge is 0.410 e. The van der Waals surface area contributed by atoms with Crippen LogP contribution in [0.4, 0.5) is 4.79 Å². The van der Waals surface area contributed by atoms with E-state index in [1.54, 1.807) is 42.0 Å². The van der Waals surface area contributed by atoms with Crippen LogP contribution in [-0.4, -0.2) is 69.6 Å². The molecule has 0 fully saturated rings. The Bertz CT molecular complexity index is 396. The second-order valence-corrected chi connectivity index (χ2v) is 7.86. The van der Waals surface area contributed by atoms with Crippen LogP contribution in [0, 0.1) is 11.8 Å². The van der Waals surface area contributed by atoms with E-state index in [4.69, 9.17) is 14.2 Å². The first-order valence-corrected chi connectivity index (χ1v) is 9.00. The van der Waals surface area contributed by atoms with Crippen molar-refractivity contribution in [2.45, 2.75) is 72.4 Å². The molecule has 0 aliphatic carbocycles. The molecule has 0 aliphatic heterocycles. The number of carbonyl (C=O) groups excluding carboxylic acids is 2. The van der Waals surface area contributed by atoms with E-state index >= 15 is 0 Å². The van der Waals surface area contributed by atoms with Crippen molar-refractivity contribution in [3.63, 3.8) is 0 Å². The molecule has 0 heterocycles. The van der Waals surface area contributed by atoms with Crippen LogP contribution in [0.3, 0.4) is 0 Å². The largest absolute Gasteiger partial charge is 0.444 e. The van der Waals surface area contributed by atoms with E-state index in [-0.39, 0.29) is 30.7 Å². The van der Waals surface area contributed by atoms with Gasteiger partial charge in [0.25, 0.3) is 0 Å². The van der Waals surface area contributed by atoms with Gasteiger partial charge < -0.3 is 29.2 Å². The number of nitrogens with one attached hydrogen (secondary N) is 1. The van der Waals surface area contributed by atoms with Crippen LogP contribution < -0.4 is 5.32 Å². The third-order valence-electron chi connectivity index (χ3n) is 3.76. The third kappa shape index (κ3) is 13.0. The quantitative estimate of drug-likeness (QED) is 0.486. The van der Waals surface area contributed by atoms with E-state index in [9.17, 15) is 9.59 Å². The summed E-state index contributed by atoms with van der Waals surface area (Å²) in [5, 5.41) is 3.15. The minimum absolute atomic E-state index is 0. The van der Waals surface area contributed by atoms with Gasteiger partial charge in [-0.1, -0.05) is 27.7 Å². The van der Waals surface area contributed by atoms with Crippen molar-refractivity contribution in [1.29, 1.82) is 0 Å². The molecule has 0 radical (unpaired) electrons. The topological polar surface area (TPSA) is 77.1 Å². The van der Waals surface area contributed by atoms with Crippen LogP contribution >= 0.6 is 12.4 Å². The maximum Gasteiger partial charge on any atom is 0.410 e. The molecule has 0 aromatic carbocycles. The standard InChI is InChI=1S/C11H21NO3.C8H19NO2.ClH/c1-8(2)9(7-13)12(6)10(14)15-11(3,4)5;1-6(2)7(9-3)8(10-4)11-5;/h7-9H,1-6H3;6-9H,1-5H3;1H/t9-;;/m1../s1. The van der Waals surface area contributed by atoms with E-state index in [0.717, 1.165) is 6.29 Å². The van der Waals surface area contributed by atoms with Crippen molar-refractivity contribution >= 4 is 24.8 Å². The first-order valence-electron chi connectivity index (χ1n) is 9.00. The molecule has 0 aliphatic rings. The lowest BCUT2D eigenvalue weighted by Gasteiger charge is -2.29. The Balaban J connectivity index is -0.000000430. The highest BCUT2D eigenvalue weighted by Crippen LogP contribution is 2.13. The number of likely N-dealkylation sites (N-methyl/N-ethyl adjacent to an activating group) is 2. The summed E-state index contributed by atoms with van der Waals surface area (Å²) in [4.78, 5) is 23.8. The Hall–Kier alpha value is -0.890. The summed E-state index contributed by atoms with van der Waals surface area (Å²) < 4.78 is 15.4. The fourth-order valence-electron chi connectivity index (χ4n) is 2.32. The second kappa shape index (κ2) is 15.1. The predicted octanol–water partition coefficient (Wildman–Crippen LogP) is 3.35. The van der Waals surface area contributed by atoms with Gasteiger partial charge in [0.05, 0.1) is 12.1 Å². The molecule has 8 heteroatoms. The van der Waals surface area contributed by atoms with Gasteiger partial charge in [0.1, 0.15) is 11.9 Å². The summed E-state index contributed by atoms with van der Waals surface area (Å²) in [7, 11) is 6.80. The lowest BCUT2D eigenvalue weighted by Crippen LogP contribution is -2.44. The molecule has 7 nitrogen and oxygen atoms in total. The highest BCUT2D eigenvalue weighted by molar-refractivity contribution is 5.85. The average Bonchev–Trinajstić information content (AvgIpc) is 2.51. The molecule has 0 aromatic heterocycles. The number of amides is 1. The zero-order chi connectivity index (χ0) is 21.1. The number of hydrogen-bond acceptors (Lipinski definition) is 6. The average molecular weight is 413 g/mol. The summed E-state index contributed by atoms with van der Waals surface area (Å²) in [5.74, 6) is 0.588. The SMILES string of the molecule is CC(C)[C@@H](C=O)N(C)C(=O)OC(C)(C)C.CNC(C(C)C)C(OC)OC.Cl. The number of ether oxygens (including phenoxy) is 3. The molecular weight excluding hydrogens is 372 g/mol. The molecule has 2 atom stereocenters. The van der Waals surface area contributed by atoms with Gasteiger partial charge in [0.2, 0.25) is 0 Å². The van der Waals surface area contributed by atoms with Gasteiger partial charge in [-0.05, 0) is 39.7 Å². The summed E-state index contributed by atoms with van der Waals surface area (Å²) in [6.07, 6.45) is 0.155. The molecule has 0 bridgehead atoms. The summed E-state index contributed by atoms with van der Waals surface area (Å²) in [6, 6.07) is -0.176. The fraction of sp³-hybridized carbons (Fsp3) is 0.895. The number of rotatable bonds is 8. The Morgan fingerprint density at radius 1 is 1.04 bits per heavy atom. The summed E-state index contributed by atoms with van der Waals surface area (Å²) in [5.41, 5.74) is -0.532. The number of nitrogens with zero attached hydrogens (tertiary/aromatic N) is 1. The molecule has 1 unspecified atom stereocenters. The minimum Gasteiger partial charge on any atom is -0.444 e. The Kier molecular flexibility index (Phi) is 17.2. The van der Waals surface area contributed by atoms with Crippen LogP contribution in [0.15, 0.2) is 0 Å². The van der Waals surface area contributed by atoms with E-state index in [0.29, 0.717) is 5.92 Å². The van der Waals surface area contributed by atoms with Crippen LogP contribution in [0.2, 0.25) is 0 Å². The maximum atomic E-state index is 11.6. The van der Waals surface area contributed by atoms with Crippen molar-refractivity contribution in [2.75, 3.05) is 28.3 Å². The van der Waals surface area contributed by atoms with Gasteiger partial charge in [0.15, 0.2) is 6.29 Å². The van der Waals surface area contributed by atoms with Gasteiger partial charge in [-0.3, -0.25) is 0 Å². The number of aldehydes is 1. The highest BCUT2D eigenvalue weighted by atomic mass is 35.5. The summed E-state index contributed by atoms with van der Waals surface area (Å²) >= 11 is 0. The first-order chi connectivity index (χ1) is 11.9. The highest BCUT2D eigenvalue weighted by Gasteiger charge is 2.26. The first kappa shape index (κ1) is 30.8.